The largest absolute Gasteiger partial charge is 0.480 e. The van der Waals surface area contributed by atoms with E-state index >= 15 is 0 Å². The molecule has 8 heteroatoms. The quantitative estimate of drug-likeness (QED) is 0.706. The Kier molecular flexibility index (Phi) is 7.29. The predicted octanol–water partition coefficient (Wildman–Crippen LogP) is 0.451. The number of carbonyl (C=O) groups is 3. The highest BCUT2D eigenvalue weighted by atomic mass is 16.6. The van der Waals surface area contributed by atoms with E-state index in [4.69, 9.17) is 9.84 Å². The van der Waals surface area contributed by atoms with Crippen molar-refractivity contribution in [3.63, 3.8) is 0 Å². The minimum Gasteiger partial charge on any atom is -0.480 e. The topological polar surface area (TPSA) is 95.9 Å². The number of aliphatic carboxylic acids is 1. The molecule has 0 saturated heterocycles. The number of ether oxygens (including phenoxy) is 1. The summed E-state index contributed by atoms with van der Waals surface area (Å²) in [6, 6.07) is 7.14. The van der Waals surface area contributed by atoms with Gasteiger partial charge < -0.3 is 14.7 Å². The van der Waals surface area contributed by atoms with Crippen LogP contribution in [0.25, 0.3) is 0 Å². The van der Waals surface area contributed by atoms with E-state index in [0.29, 0.717) is 12.1 Å². The van der Waals surface area contributed by atoms with Crippen molar-refractivity contribution in [1.82, 2.24) is 4.90 Å². The molecule has 1 aromatic carbocycles. The van der Waals surface area contributed by atoms with Crippen LogP contribution >= 0.6 is 0 Å². The maximum absolute atomic E-state index is 12.3. The van der Waals surface area contributed by atoms with Gasteiger partial charge in [-0.15, -0.1) is 0 Å². The summed E-state index contributed by atoms with van der Waals surface area (Å²) in [5, 5.41) is 11.3. The average molecular weight is 334 g/mol. The van der Waals surface area contributed by atoms with Gasteiger partial charge in [0, 0.05) is 12.7 Å². The summed E-state index contributed by atoms with van der Waals surface area (Å²) in [4.78, 5) is 36.1. The first-order valence-electron chi connectivity index (χ1n) is 7.70. The summed E-state index contributed by atoms with van der Waals surface area (Å²) >= 11 is 0. The highest BCUT2D eigenvalue weighted by molar-refractivity contribution is 6.32. The van der Waals surface area contributed by atoms with Gasteiger partial charge in [-0.25, -0.2) is 4.79 Å². The Morgan fingerprint density at radius 2 is 1.83 bits per heavy atom. The number of nitrogens with one attached hydrogen (secondary N) is 1. The first kappa shape index (κ1) is 19.5. The highest BCUT2D eigenvalue weighted by Gasteiger charge is 2.28. The van der Waals surface area contributed by atoms with Crippen LogP contribution in [0.1, 0.15) is 20.3 Å². The van der Waals surface area contributed by atoms with Gasteiger partial charge in [-0.1, -0.05) is 31.4 Å². The monoisotopic (exact) mass is 334 g/mol. The van der Waals surface area contributed by atoms with Gasteiger partial charge in [-0.2, -0.15) is 0 Å². The van der Waals surface area contributed by atoms with E-state index in [9.17, 15) is 14.4 Å². The SMILES string of the molecule is Bc1ccc(NC(=O)O[C@@H](CC(C)C)C(=O)N(C)CC(=O)O)cc1. The molecule has 2 amide bonds. The molecule has 0 aliphatic carbocycles. The molecule has 1 aromatic rings. The normalized spacial score (nSPS) is 11.7. The summed E-state index contributed by atoms with van der Waals surface area (Å²) in [5.41, 5.74) is 1.61. The van der Waals surface area contributed by atoms with Crippen LogP contribution in [0.4, 0.5) is 10.5 Å². The van der Waals surface area contributed by atoms with E-state index in [2.05, 4.69) is 5.32 Å². The van der Waals surface area contributed by atoms with Crippen LogP contribution in [0.15, 0.2) is 24.3 Å². The molecule has 0 saturated carbocycles. The van der Waals surface area contributed by atoms with Crippen molar-refractivity contribution in [2.24, 2.45) is 5.92 Å². The molecule has 0 heterocycles. The third kappa shape index (κ3) is 6.72. The third-order valence-electron chi connectivity index (χ3n) is 3.26. The zero-order valence-electron chi connectivity index (χ0n) is 14.4. The van der Waals surface area contributed by atoms with Crippen molar-refractivity contribution in [3.05, 3.63) is 24.3 Å². The summed E-state index contributed by atoms with van der Waals surface area (Å²) in [6.45, 7) is 3.33. The Hall–Kier alpha value is -2.51. The molecule has 0 bridgehead atoms. The fourth-order valence-electron chi connectivity index (χ4n) is 2.07. The minimum absolute atomic E-state index is 0.101. The third-order valence-corrected chi connectivity index (χ3v) is 3.26. The molecule has 0 aliphatic heterocycles. The van der Waals surface area contributed by atoms with Crippen LogP contribution in [0.2, 0.25) is 0 Å². The lowest BCUT2D eigenvalue weighted by Crippen LogP contribution is -2.42. The van der Waals surface area contributed by atoms with E-state index in [1.54, 1.807) is 12.1 Å². The molecule has 2 N–H and O–H groups in total. The minimum atomic E-state index is -1.13. The molecular formula is C16H23BN2O5. The van der Waals surface area contributed by atoms with Crippen molar-refractivity contribution in [2.45, 2.75) is 26.4 Å². The van der Waals surface area contributed by atoms with Crippen LogP contribution in [0, 0.1) is 5.92 Å². The van der Waals surface area contributed by atoms with Crippen LogP contribution in [-0.2, 0) is 14.3 Å². The smallest absolute Gasteiger partial charge is 0.412 e. The predicted molar refractivity (Wildman–Crippen MR) is 93.2 cm³/mol. The number of benzene rings is 1. The number of nitrogens with zero attached hydrogens (tertiary/aromatic N) is 1. The molecule has 0 spiro atoms. The summed E-state index contributed by atoms with van der Waals surface area (Å²) in [5.74, 6) is -1.56. The maximum Gasteiger partial charge on any atom is 0.412 e. The standard InChI is InChI=1S/C16H23BN2O5/c1-10(2)8-13(15(22)19(3)9-14(20)21)24-16(23)18-12-6-4-11(17)5-7-12/h4-7,10,13H,8-9,17H2,1-3H3,(H,18,23)(H,20,21)/t13-/m0/s1. The lowest BCUT2D eigenvalue weighted by atomic mass is 9.96. The van der Waals surface area contributed by atoms with E-state index < -0.39 is 30.6 Å². The number of likely N-dealkylation sites (N-methyl/N-ethyl adjacent to an activating group) is 1. The molecule has 0 radical (unpaired) electrons. The number of carbonyl (C=O) groups excluding carboxylic acids is 2. The summed E-state index contributed by atoms with van der Waals surface area (Å²) in [7, 11) is 3.29. The van der Waals surface area contributed by atoms with Crippen molar-refractivity contribution < 1.29 is 24.2 Å². The van der Waals surface area contributed by atoms with E-state index in [1.165, 1.54) is 7.05 Å². The number of carboxylic acid groups (broad SMARTS) is 1. The zero-order chi connectivity index (χ0) is 18.3. The molecular weight excluding hydrogens is 311 g/mol. The molecule has 24 heavy (non-hydrogen) atoms. The Balaban J connectivity index is 2.73. The van der Waals surface area contributed by atoms with E-state index in [1.807, 2.05) is 33.8 Å². The maximum atomic E-state index is 12.3. The number of anilines is 1. The van der Waals surface area contributed by atoms with E-state index in [-0.39, 0.29) is 5.92 Å². The lowest BCUT2D eigenvalue weighted by Gasteiger charge is -2.24. The van der Waals surface area contributed by atoms with Gasteiger partial charge in [0.2, 0.25) is 0 Å². The summed E-state index contributed by atoms with van der Waals surface area (Å²) < 4.78 is 5.23. The molecule has 0 unspecified atom stereocenters. The van der Waals surface area contributed by atoms with Gasteiger partial charge in [0.1, 0.15) is 14.4 Å². The second-order valence-corrected chi connectivity index (χ2v) is 6.10. The molecule has 0 fully saturated rings. The van der Waals surface area contributed by atoms with Gasteiger partial charge in [0.05, 0.1) is 0 Å². The van der Waals surface area contributed by atoms with Crippen LogP contribution < -0.4 is 10.8 Å². The molecule has 7 nitrogen and oxygen atoms in total. The Bertz CT molecular complexity index is 589. The second kappa shape index (κ2) is 8.95. The number of hydrogen-bond acceptors (Lipinski definition) is 4. The highest BCUT2D eigenvalue weighted by Crippen LogP contribution is 2.13. The van der Waals surface area contributed by atoms with Crippen molar-refractivity contribution in [3.8, 4) is 0 Å². The first-order chi connectivity index (χ1) is 11.2. The van der Waals surface area contributed by atoms with Gasteiger partial charge in [-0.3, -0.25) is 14.9 Å². The number of rotatable bonds is 7. The van der Waals surface area contributed by atoms with Crippen LogP contribution in [0.3, 0.4) is 0 Å². The van der Waals surface area contributed by atoms with Gasteiger partial charge in [0.25, 0.3) is 5.91 Å². The van der Waals surface area contributed by atoms with Gasteiger partial charge >= 0.3 is 12.1 Å². The molecule has 0 aliphatic rings. The van der Waals surface area contributed by atoms with Crippen LogP contribution in [-0.4, -0.2) is 55.5 Å². The Morgan fingerprint density at radius 3 is 2.33 bits per heavy atom. The fourth-order valence-corrected chi connectivity index (χ4v) is 2.07. The lowest BCUT2D eigenvalue weighted by molar-refractivity contribution is -0.147. The zero-order valence-corrected chi connectivity index (χ0v) is 14.4. The second-order valence-electron chi connectivity index (χ2n) is 6.10. The number of carboxylic acids is 1. The Morgan fingerprint density at radius 1 is 1.25 bits per heavy atom. The van der Waals surface area contributed by atoms with E-state index in [0.717, 1.165) is 10.4 Å². The van der Waals surface area contributed by atoms with Crippen LogP contribution in [0.5, 0.6) is 0 Å². The van der Waals surface area contributed by atoms with Gasteiger partial charge in [-0.05, 0) is 24.5 Å². The van der Waals surface area contributed by atoms with Crippen molar-refractivity contribution in [1.29, 1.82) is 0 Å². The molecule has 0 aromatic heterocycles. The first-order valence-corrected chi connectivity index (χ1v) is 7.70. The molecule has 1 atom stereocenters. The summed E-state index contributed by atoms with van der Waals surface area (Å²) in [6.07, 6.45) is -1.47. The number of hydrogen-bond donors (Lipinski definition) is 2. The van der Waals surface area contributed by atoms with Crippen molar-refractivity contribution >= 4 is 37.0 Å². The number of amides is 2. The van der Waals surface area contributed by atoms with Gasteiger partial charge in [0.15, 0.2) is 6.10 Å². The fraction of sp³-hybridized carbons (Fsp3) is 0.438. The molecule has 130 valence electrons. The Labute approximate surface area is 142 Å². The average Bonchev–Trinajstić information content (AvgIpc) is 2.47. The molecule has 1 rings (SSSR count). The van der Waals surface area contributed by atoms with Crippen molar-refractivity contribution in [2.75, 3.05) is 18.9 Å².